The Morgan fingerprint density at radius 3 is 2.27 bits per heavy atom. The second kappa shape index (κ2) is 12.8. The Morgan fingerprint density at radius 2 is 1.58 bits per heavy atom. The fourth-order valence-corrected chi connectivity index (χ4v) is 4.23. The van der Waals surface area contributed by atoms with Crippen LogP contribution in [-0.4, -0.2) is 17.5 Å². The highest BCUT2D eigenvalue weighted by molar-refractivity contribution is 7.99. The molecule has 170 valence electrons. The van der Waals surface area contributed by atoms with Crippen LogP contribution in [0.4, 0.5) is 0 Å². The molecule has 33 heavy (non-hydrogen) atoms. The zero-order chi connectivity index (χ0) is 23.5. The van der Waals surface area contributed by atoms with Crippen molar-refractivity contribution in [2.45, 2.75) is 55.7 Å². The number of hydrogen-bond acceptors (Lipinski definition) is 5. The fourth-order valence-electron chi connectivity index (χ4n) is 3.30. The van der Waals surface area contributed by atoms with Crippen LogP contribution in [0.25, 0.3) is 0 Å². The second-order valence-electron chi connectivity index (χ2n) is 7.87. The summed E-state index contributed by atoms with van der Waals surface area (Å²) in [7, 11) is 0. The summed E-state index contributed by atoms with van der Waals surface area (Å²) >= 11 is 1.65. The van der Waals surface area contributed by atoms with Gasteiger partial charge in [0, 0.05) is 15.4 Å². The summed E-state index contributed by atoms with van der Waals surface area (Å²) in [6, 6.07) is 24.4. The number of unbranched alkanes of at least 4 members (excludes halogenated alkanes) is 3. The zero-order valence-corrected chi connectivity index (χ0v) is 19.9. The Balaban J connectivity index is 1.71. The molecule has 3 aromatic carbocycles. The molecule has 0 aliphatic heterocycles. The first-order valence-corrected chi connectivity index (χ1v) is 12.1. The largest absolute Gasteiger partial charge is 0.365 e. The maximum absolute atomic E-state index is 13.1. The van der Waals surface area contributed by atoms with Crippen LogP contribution in [-0.2, 0) is 4.84 Å². The molecule has 0 N–H and O–H groups in total. The number of carbonyl (C=O) groups excluding carboxylic acids is 2. The van der Waals surface area contributed by atoms with Crippen molar-refractivity contribution >= 4 is 29.2 Å². The predicted molar refractivity (Wildman–Crippen MR) is 134 cm³/mol. The molecule has 0 bridgehead atoms. The van der Waals surface area contributed by atoms with E-state index in [0.29, 0.717) is 17.5 Å². The fraction of sp³-hybridized carbons (Fsp3) is 0.250. The third kappa shape index (κ3) is 7.72. The average Bonchev–Trinajstić information content (AvgIpc) is 2.84. The van der Waals surface area contributed by atoms with Crippen LogP contribution in [0, 0.1) is 6.92 Å². The summed E-state index contributed by atoms with van der Waals surface area (Å²) in [5.74, 6) is -0.779. The molecule has 0 aliphatic carbocycles. The Morgan fingerprint density at radius 1 is 0.818 bits per heavy atom. The minimum Gasteiger partial charge on any atom is -0.312 e. The van der Waals surface area contributed by atoms with Crippen LogP contribution in [0.2, 0.25) is 0 Å². The van der Waals surface area contributed by atoms with Crippen LogP contribution in [0.5, 0.6) is 0 Å². The number of oxime groups is 1. The molecular weight excluding hydrogens is 430 g/mol. The highest BCUT2D eigenvalue weighted by atomic mass is 32.2. The van der Waals surface area contributed by atoms with Gasteiger partial charge in [0.1, 0.15) is 5.71 Å². The number of ketones is 1. The van der Waals surface area contributed by atoms with Gasteiger partial charge < -0.3 is 4.84 Å². The second-order valence-corrected chi connectivity index (χ2v) is 9.01. The molecule has 0 spiro atoms. The van der Waals surface area contributed by atoms with Gasteiger partial charge in [-0.3, -0.25) is 4.79 Å². The summed E-state index contributed by atoms with van der Waals surface area (Å²) in [6.07, 6.45) is 4.49. The maximum atomic E-state index is 13.1. The third-order valence-electron chi connectivity index (χ3n) is 5.12. The molecule has 0 heterocycles. The van der Waals surface area contributed by atoms with Crippen molar-refractivity contribution in [1.82, 2.24) is 0 Å². The summed E-state index contributed by atoms with van der Waals surface area (Å²) < 4.78 is 0. The van der Waals surface area contributed by atoms with Crippen molar-refractivity contribution in [3.8, 4) is 0 Å². The van der Waals surface area contributed by atoms with E-state index in [1.807, 2.05) is 24.3 Å². The van der Waals surface area contributed by atoms with E-state index in [9.17, 15) is 9.59 Å². The number of rotatable bonds is 11. The first-order chi connectivity index (χ1) is 16.1. The highest BCUT2D eigenvalue weighted by Crippen LogP contribution is 2.28. The van der Waals surface area contributed by atoms with Crippen molar-refractivity contribution in [2.24, 2.45) is 5.16 Å². The molecule has 0 amide bonds. The molecule has 0 radical (unpaired) electrons. The van der Waals surface area contributed by atoms with Gasteiger partial charge in [0.15, 0.2) is 0 Å². The van der Waals surface area contributed by atoms with Gasteiger partial charge in [-0.25, -0.2) is 4.79 Å². The molecule has 0 aliphatic rings. The van der Waals surface area contributed by atoms with E-state index in [1.54, 1.807) is 48.2 Å². The summed E-state index contributed by atoms with van der Waals surface area (Å²) in [4.78, 5) is 32.8. The standard InChI is InChI=1S/C28H29NO3S/c1-3-4-5-9-15-26(29-32-28(31)23-12-7-6-8-13-23)27(30)22-16-18-24(19-17-22)33-25-14-10-11-21(2)20-25/h6-8,10-14,16-20H,3-5,9,15H2,1-2H3/b29-26-. The van der Waals surface area contributed by atoms with Crippen LogP contribution in [0.3, 0.4) is 0 Å². The van der Waals surface area contributed by atoms with E-state index >= 15 is 0 Å². The summed E-state index contributed by atoms with van der Waals surface area (Å²) in [5, 5.41) is 3.99. The molecule has 4 nitrogen and oxygen atoms in total. The van der Waals surface area contributed by atoms with Crippen molar-refractivity contribution < 1.29 is 14.4 Å². The first kappa shape index (κ1) is 24.5. The van der Waals surface area contributed by atoms with Crippen LogP contribution in [0.1, 0.15) is 65.3 Å². The molecule has 3 rings (SSSR count). The van der Waals surface area contributed by atoms with E-state index < -0.39 is 5.97 Å². The van der Waals surface area contributed by atoms with Crippen molar-refractivity contribution in [2.75, 3.05) is 0 Å². The molecule has 0 unspecified atom stereocenters. The summed E-state index contributed by atoms with van der Waals surface area (Å²) in [5.41, 5.74) is 2.42. The quantitative estimate of drug-likeness (QED) is 0.0978. The zero-order valence-electron chi connectivity index (χ0n) is 19.1. The van der Waals surface area contributed by atoms with E-state index in [4.69, 9.17) is 4.84 Å². The predicted octanol–water partition coefficient (Wildman–Crippen LogP) is 7.51. The van der Waals surface area contributed by atoms with E-state index in [-0.39, 0.29) is 11.5 Å². The van der Waals surface area contributed by atoms with Gasteiger partial charge in [0.25, 0.3) is 0 Å². The van der Waals surface area contributed by atoms with E-state index in [2.05, 4.69) is 37.2 Å². The molecule has 0 fully saturated rings. The molecule has 0 saturated heterocycles. The third-order valence-corrected chi connectivity index (χ3v) is 6.12. The molecular formula is C28H29NO3S. The SMILES string of the molecule is CCCCCC/C(=N/OC(=O)c1ccccc1)C(=O)c1ccc(Sc2cccc(C)c2)cc1. The smallest absolute Gasteiger partial charge is 0.312 e. The minimum atomic E-state index is -0.570. The minimum absolute atomic E-state index is 0.209. The molecule has 0 saturated carbocycles. The van der Waals surface area contributed by atoms with Gasteiger partial charge in [-0.1, -0.05) is 79.0 Å². The lowest BCUT2D eigenvalue weighted by molar-refractivity contribution is 0.0514. The average molecular weight is 460 g/mol. The first-order valence-electron chi connectivity index (χ1n) is 11.3. The van der Waals surface area contributed by atoms with Gasteiger partial charge in [0.2, 0.25) is 5.78 Å². The van der Waals surface area contributed by atoms with Gasteiger partial charge in [0.05, 0.1) is 5.56 Å². The Bertz CT molecular complexity index is 1090. The van der Waals surface area contributed by atoms with Crippen LogP contribution in [0.15, 0.2) is 93.8 Å². The van der Waals surface area contributed by atoms with Crippen LogP contribution < -0.4 is 0 Å². The maximum Gasteiger partial charge on any atom is 0.365 e. The van der Waals surface area contributed by atoms with Gasteiger partial charge in [-0.05, 0) is 68.3 Å². The Kier molecular flexibility index (Phi) is 9.45. The number of hydrogen-bond donors (Lipinski definition) is 0. The summed E-state index contributed by atoms with van der Waals surface area (Å²) in [6.45, 7) is 4.20. The lowest BCUT2D eigenvalue weighted by atomic mass is 10.0. The number of carbonyl (C=O) groups is 2. The van der Waals surface area contributed by atoms with Crippen molar-refractivity contribution in [1.29, 1.82) is 0 Å². The number of Topliss-reactive ketones (excluding diaryl/α,β-unsaturated/α-hetero) is 1. The molecule has 3 aromatic rings. The lowest BCUT2D eigenvalue weighted by Crippen LogP contribution is -2.16. The van der Waals surface area contributed by atoms with Crippen molar-refractivity contribution in [3.63, 3.8) is 0 Å². The lowest BCUT2D eigenvalue weighted by Gasteiger charge is -2.07. The number of benzene rings is 3. The molecule has 0 atom stereocenters. The van der Waals surface area contributed by atoms with E-state index in [0.717, 1.165) is 35.5 Å². The van der Waals surface area contributed by atoms with Gasteiger partial charge >= 0.3 is 5.97 Å². The van der Waals surface area contributed by atoms with Crippen LogP contribution >= 0.6 is 11.8 Å². The van der Waals surface area contributed by atoms with Gasteiger partial charge in [-0.15, -0.1) is 0 Å². The molecule has 0 aromatic heterocycles. The molecule has 5 heteroatoms. The normalized spacial score (nSPS) is 11.3. The number of aryl methyl sites for hydroxylation is 1. The van der Waals surface area contributed by atoms with Gasteiger partial charge in [-0.2, -0.15) is 0 Å². The highest BCUT2D eigenvalue weighted by Gasteiger charge is 2.17. The number of nitrogens with zero attached hydrogens (tertiary/aromatic N) is 1. The Hall–Kier alpha value is -3.18. The monoisotopic (exact) mass is 459 g/mol. The Labute approximate surface area is 200 Å². The van der Waals surface area contributed by atoms with Crippen molar-refractivity contribution in [3.05, 3.63) is 95.6 Å². The van der Waals surface area contributed by atoms with E-state index in [1.165, 1.54) is 5.56 Å². The topological polar surface area (TPSA) is 55.7 Å².